The standard InChI is InChI=1S/C18H24N4O3/c1-4-25-11-22-13(3)15(12(2)20-22)9-17(23)21-8-6-14-5-7-19-18(24)16(14)10-21/h5,7H,4,6,8-11H2,1-3H3,(H,19,24). The van der Waals surface area contributed by atoms with Crippen LogP contribution in [0.2, 0.25) is 0 Å². The van der Waals surface area contributed by atoms with Gasteiger partial charge >= 0.3 is 0 Å². The monoisotopic (exact) mass is 344 g/mol. The SMILES string of the molecule is CCOCn1nc(C)c(CC(=O)N2CCc3cc[nH]c(=O)c3C2)c1C. The first-order valence-corrected chi connectivity index (χ1v) is 8.59. The van der Waals surface area contributed by atoms with Gasteiger partial charge in [0.1, 0.15) is 6.73 Å². The molecule has 0 aliphatic carbocycles. The molecule has 2 aromatic heterocycles. The zero-order valence-electron chi connectivity index (χ0n) is 15.0. The lowest BCUT2D eigenvalue weighted by Crippen LogP contribution is -2.39. The Morgan fingerprint density at radius 2 is 2.20 bits per heavy atom. The van der Waals surface area contributed by atoms with Crippen molar-refractivity contribution in [1.29, 1.82) is 0 Å². The minimum atomic E-state index is -0.105. The van der Waals surface area contributed by atoms with Crippen molar-refractivity contribution in [2.24, 2.45) is 0 Å². The van der Waals surface area contributed by atoms with E-state index < -0.39 is 0 Å². The van der Waals surface area contributed by atoms with Gasteiger partial charge in [-0.1, -0.05) is 0 Å². The first-order valence-electron chi connectivity index (χ1n) is 8.59. The van der Waals surface area contributed by atoms with Gasteiger partial charge in [0.2, 0.25) is 5.91 Å². The van der Waals surface area contributed by atoms with E-state index >= 15 is 0 Å². The van der Waals surface area contributed by atoms with Crippen molar-refractivity contribution in [3.05, 3.63) is 50.7 Å². The lowest BCUT2D eigenvalue weighted by Gasteiger charge is -2.28. The highest BCUT2D eigenvalue weighted by Crippen LogP contribution is 2.19. The maximum Gasteiger partial charge on any atom is 0.253 e. The number of H-pyrrole nitrogens is 1. The van der Waals surface area contributed by atoms with Gasteiger partial charge in [0.15, 0.2) is 0 Å². The third kappa shape index (κ3) is 3.51. The van der Waals surface area contributed by atoms with Gasteiger partial charge in [0.05, 0.1) is 18.7 Å². The van der Waals surface area contributed by atoms with Crippen molar-refractivity contribution in [1.82, 2.24) is 19.7 Å². The lowest BCUT2D eigenvalue weighted by molar-refractivity contribution is -0.131. The summed E-state index contributed by atoms with van der Waals surface area (Å²) in [5.41, 5.74) is 4.37. The number of hydrogen-bond donors (Lipinski definition) is 1. The number of aromatic amines is 1. The minimum absolute atomic E-state index is 0.0241. The van der Waals surface area contributed by atoms with Crippen LogP contribution in [0.5, 0.6) is 0 Å². The Bertz CT molecular complexity index is 837. The molecule has 2 aromatic rings. The number of nitrogens with zero attached hydrogens (tertiary/aromatic N) is 3. The fourth-order valence-electron chi connectivity index (χ4n) is 3.25. The van der Waals surface area contributed by atoms with Crippen molar-refractivity contribution in [3.63, 3.8) is 0 Å². The van der Waals surface area contributed by atoms with Crippen molar-refractivity contribution in [2.75, 3.05) is 13.2 Å². The highest BCUT2D eigenvalue weighted by molar-refractivity contribution is 5.79. The molecule has 0 aromatic carbocycles. The van der Waals surface area contributed by atoms with Crippen LogP contribution in [-0.4, -0.2) is 38.7 Å². The third-order valence-corrected chi connectivity index (χ3v) is 4.79. The predicted molar refractivity (Wildman–Crippen MR) is 93.2 cm³/mol. The average molecular weight is 344 g/mol. The van der Waals surface area contributed by atoms with Gasteiger partial charge in [0.25, 0.3) is 5.56 Å². The molecular formula is C18H24N4O3. The quantitative estimate of drug-likeness (QED) is 0.887. The average Bonchev–Trinajstić information content (AvgIpc) is 2.87. The zero-order chi connectivity index (χ0) is 18.0. The van der Waals surface area contributed by atoms with Crippen LogP contribution >= 0.6 is 0 Å². The maximum atomic E-state index is 12.8. The number of pyridine rings is 1. The van der Waals surface area contributed by atoms with E-state index in [1.165, 1.54) is 0 Å². The number of rotatable bonds is 5. The van der Waals surface area contributed by atoms with Crippen LogP contribution in [0.4, 0.5) is 0 Å². The number of fused-ring (bicyclic) bond motifs is 1. The highest BCUT2D eigenvalue weighted by atomic mass is 16.5. The fraction of sp³-hybridized carbons (Fsp3) is 0.500. The summed E-state index contributed by atoms with van der Waals surface area (Å²) in [4.78, 5) is 29.2. The molecule has 3 heterocycles. The van der Waals surface area contributed by atoms with Crippen molar-refractivity contribution in [2.45, 2.75) is 46.9 Å². The molecule has 1 amide bonds. The summed E-state index contributed by atoms with van der Waals surface area (Å²) in [6.45, 7) is 7.83. The summed E-state index contributed by atoms with van der Waals surface area (Å²) in [7, 11) is 0. The van der Waals surface area contributed by atoms with Crippen LogP contribution < -0.4 is 5.56 Å². The molecular weight excluding hydrogens is 320 g/mol. The second-order valence-electron chi connectivity index (χ2n) is 6.32. The summed E-state index contributed by atoms with van der Waals surface area (Å²) >= 11 is 0. The summed E-state index contributed by atoms with van der Waals surface area (Å²) in [6, 6.07) is 1.92. The Morgan fingerprint density at radius 1 is 1.40 bits per heavy atom. The molecule has 0 saturated carbocycles. The van der Waals surface area contributed by atoms with E-state index in [2.05, 4.69) is 10.1 Å². The van der Waals surface area contributed by atoms with Crippen LogP contribution in [-0.2, 0) is 35.6 Å². The van der Waals surface area contributed by atoms with Gasteiger partial charge in [-0.05, 0) is 38.8 Å². The molecule has 1 aliphatic heterocycles. The first-order chi connectivity index (χ1) is 12.0. The van der Waals surface area contributed by atoms with Crippen LogP contribution in [0.1, 0.15) is 35.0 Å². The number of ether oxygens (including phenoxy) is 1. The second-order valence-corrected chi connectivity index (χ2v) is 6.32. The van der Waals surface area contributed by atoms with Gasteiger partial charge in [-0.2, -0.15) is 5.10 Å². The zero-order valence-corrected chi connectivity index (χ0v) is 15.0. The largest absolute Gasteiger partial charge is 0.360 e. The number of hydrogen-bond acceptors (Lipinski definition) is 4. The van der Waals surface area contributed by atoms with Gasteiger partial charge in [-0.3, -0.25) is 9.59 Å². The van der Waals surface area contributed by atoms with Gasteiger partial charge in [-0.15, -0.1) is 0 Å². The van der Waals surface area contributed by atoms with Gasteiger partial charge < -0.3 is 14.6 Å². The lowest BCUT2D eigenvalue weighted by atomic mass is 10.0. The highest BCUT2D eigenvalue weighted by Gasteiger charge is 2.24. The topological polar surface area (TPSA) is 80.2 Å². The Morgan fingerprint density at radius 3 is 2.96 bits per heavy atom. The van der Waals surface area contributed by atoms with Crippen LogP contribution in [0.25, 0.3) is 0 Å². The summed E-state index contributed by atoms with van der Waals surface area (Å²) in [5, 5.41) is 4.46. The van der Waals surface area contributed by atoms with Crippen molar-refractivity contribution < 1.29 is 9.53 Å². The third-order valence-electron chi connectivity index (χ3n) is 4.79. The van der Waals surface area contributed by atoms with Gasteiger partial charge in [-0.25, -0.2) is 4.68 Å². The molecule has 134 valence electrons. The molecule has 0 unspecified atom stereocenters. The Labute approximate surface area is 146 Å². The number of aromatic nitrogens is 3. The number of aryl methyl sites for hydroxylation is 1. The molecule has 0 bridgehead atoms. The molecule has 0 spiro atoms. The number of carbonyl (C=O) groups is 1. The molecule has 1 aliphatic rings. The number of nitrogens with one attached hydrogen (secondary N) is 1. The number of amides is 1. The van der Waals surface area contributed by atoms with E-state index in [1.54, 1.807) is 15.8 Å². The summed E-state index contributed by atoms with van der Waals surface area (Å²) in [6.07, 6.45) is 2.68. The van der Waals surface area contributed by atoms with E-state index in [4.69, 9.17) is 4.74 Å². The molecule has 0 saturated heterocycles. The van der Waals surface area contributed by atoms with Crippen molar-refractivity contribution in [3.8, 4) is 0 Å². The van der Waals surface area contributed by atoms with Crippen molar-refractivity contribution >= 4 is 5.91 Å². The Hall–Kier alpha value is -2.41. The molecule has 3 rings (SSSR count). The Kier molecular flexibility index (Phi) is 5.03. The first kappa shape index (κ1) is 17.4. The molecule has 0 fully saturated rings. The predicted octanol–water partition coefficient (Wildman–Crippen LogP) is 1.31. The van der Waals surface area contributed by atoms with E-state index in [9.17, 15) is 9.59 Å². The van der Waals surface area contributed by atoms with E-state index in [1.807, 2.05) is 26.8 Å². The van der Waals surface area contributed by atoms with Crippen LogP contribution in [0.15, 0.2) is 17.1 Å². The molecule has 1 N–H and O–H groups in total. The summed E-state index contributed by atoms with van der Waals surface area (Å²) < 4.78 is 7.20. The van der Waals surface area contributed by atoms with E-state index in [-0.39, 0.29) is 11.5 Å². The molecule has 0 radical (unpaired) electrons. The smallest absolute Gasteiger partial charge is 0.253 e. The maximum absolute atomic E-state index is 12.8. The normalized spacial score (nSPS) is 13.8. The summed E-state index contributed by atoms with van der Waals surface area (Å²) in [5.74, 6) is 0.0241. The van der Waals surface area contributed by atoms with Gasteiger partial charge in [0, 0.05) is 36.2 Å². The second kappa shape index (κ2) is 7.23. The fourth-order valence-corrected chi connectivity index (χ4v) is 3.25. The molecule has 25 heavy (non-hydrogen) atoms. The molecule has 0 atom stereocenters. The number of carbonyl (C=O) groups excluding carboxylic acids is 1. The minimum Gasteiger partial charge on any atom is -0.360 e. The Balaban J connectivity index is 1.74. The van der Waals surface area contributed by atoms with Crippen LogP contribution in [0.3, 0.4) is 0 Å². The van der Waals surface area contributed by atoms with E-state index in [0.29, 0.717) is 44.8 Å². The van der Waals surface area contributed by atoms with E-state index in [0.717, 1.165) is 22.5 Å². The molecule has 7 heteroatoms. The van der Waals surface area contributed by atoms with Crippen LogP contribution in [0, 0.1) is 13.8 Å². The molecule has 7 nitrogen and oxygen atoms in total.